The number of nitrogens with one attached hydrogen (secondary N) is 1. The first kappa shape index (κ1) is 11.0. The van der Waals surface area contributed by atoms with E-state index in [4.69, 9.17) is 4.74 Å². The van der Waals surface area contributed by atoms with Gasteiger partial charge in [-0.25, -0.2) is 4.79 Å². The smallest absolute Gasteiger partial charge is 0.343 e. The highest BCUT2D eigenvalue weighted by Gasteiger charge is 2.12. The van der Waals surface area contributed by atoms with Crippen LogP contribution in [0.3, 0.4) is 0 Å². The van der Waals surface area contributed by atoms with Gasteiger partial charge in [0.2, 0.25) is 0 Å². The van der Waals surface area contributed by atoms with Crippen molar-refractivity contribution in [3.8, 4) is 0 Å². The number of H-pyrrole nitrogens is 1. The van der Waals surface area contributed by atoms with Gasteiger partial charge in [-0.2, -0.15) is 0 Å². The molecule has 0 bridgehead atoms. The molecule has 0 spiro atoms. The topological polar surface area (TPSA) is 59.2 Å². The molecular weight excluding hydrogens is 250 g/mol. The molecular formula is C9H10BrNO3. The number of carbonyl (C=O) groups excluding carboxylic acids is 1. The Morgan fingerprint density at radius 3 is 2.86 bits per heavy atom. The first-order valence-electron chi connectivity index (χ1n) is 4.12. The summed E-state index contributed by atoms with van der Waals surface area (Å²) in [5.74, 6) is -0.602. The average Bonchev–Trinajstić information content (AvgIpc) is 2.11. The van der Waals surface area contributed by atoms with E-state index in [9.17, 15) is 9.59 Å². The number of carbonyl (C=O) groups is 1. The highest BCUT2D eigenvalue weighted by Crippen LogP contribution is 2.12. The molecule has 0 aromatic carbocycles. The Kier molecular flexibility index (Phi) is 3.46. The zero-order valence-corrected chi connectivity index (χ0v) is 9.47. The predicted octanol–water partition coefficient (Wildman–Crippen LogP) is 1.62. The maximum Gasteiger partial charge on any atom is 0.343 e. The molecule has 76 valence electrons. The molecule has 0 aliphatic carbocycles. The number of esters is 1. The Bertz CT molecular complexity index is 411. The number of hydrogen-bond donors (Lipinski definition) is 1. The zero-order valence-electron chi connectivity index (χ0n) is 7.89. The van der Waals surface area contributed by atoms with Crippen LogP contribution in [0.1, 0.15) is 23.0 Å². The standard InChI is InChI=1S/C9H10BrNO3/c1-3-14-9(13)6-4-7(10)5(2)11-8(6)12/h4H,3H2,1-2H3,(H,11,12). The number of aromatic nitrogens is 1. The van der Waals surface area contributed by atoms with E-state index in [1.165, 1.54) is 6.07 Å². The third-order valence-corrected chi connectivity index (χ3v) is 2.49. The molecule has 1 aromatic rings. The lowest BCUT2D eigenvalue weighted by molar-refractivity contribution is 0.0524. The molecule has 0 atom stereocenters. The number of hydrogen-bond acceptors (Lipinski definition) is 3. The highest BCUT2D eigenvalue weighted by molar-refractivity contribution is 9.10. The normalized spacial score (nSPS) is 9.93. The van der Waals surface area contributed by atoms with Crippen LogP contribution in [0.5, 0.6) is 0 Å². The van der Waals surface area contributed by atoms with Crippen LogP contribution in [-0.2, 0) is 4.74 Å². The molecule has 0 aliphatic heterocycles. The summed E-state index contributed by atoms with van der Waals surface area (Å²) in [6.07, 6.45) is 0. The summed E-state index contributed by atoms with van der Waals surface area (Å²) < 4.78 is 5.40. The fourth-order valence-electron chi connectivity index (χ4n) is 0.958. The Labute approximate surface area is 89.4 Å². The second-order valence-corrected chi connectivity index (χ2v) is 3.56. The molecule has 0 unspecified atom stereocenters. The lowest BCUT2D eigenvalue weighted by Crippen LogP contribution is -2.20. The van der Waals surface area contributed by atoms with Crippen LogP contribution in [0.4, 0.5) is 0 Å². The van der Waals surface area contributed by atoms with E-state index in [-0.39, 0.29) is 12.2 Å². The van der Waals surface area contributed by atoms with Gasteiger partial charge in [0.15, 0.2) is 0 Å². The first-order chi connectivity index (χ1) is 6.56. The molecule has 0 saturated carbocycles. The Morgan fingerprint density at radius 1 is 1.64 bits per heavy atom. The summed E-state index contributed by atoms with van der Waals surface area (Å²) in [6.45, 7) is 3.68. The number of aryl methyl sites for hydroxylation is 1. The van der Waals surface area contributed by atoms with Gasteiger partial charge in [-0.3, -0.25) is 4.79 Å². The fourth-order valence-corrected chi connectivity index (χ4v) is 1.29. The van der Waals surface area contributed by atoms with E-state index >= 15 is 0 Å². The minimum absolute atomic E-state index is 0.0179. The van der Waals surface area contributed by atoms with Crippen LogP contribution in [0.15, 0.2) is 15.3 Å². The molecule has 14 heavy (non-hydrogen) atoms. The average molecular weight is 260 g/mol. The SMILES string of the molecule is CCOC(=O)c1cc(Br)c(C)[nH]c1=O. The van der Waals surface area contributed by atoms with Crippen LogP contribution in [-0.4, -0.2) is 17.6 Å². The van der Waals surface area contributed by atoms with Crippen molar-refractivity contribution >= 4 is 21.9 Å². The van der Waals surface area contributed by atoms with Crippen molar-refractivity contribution in [2.45, 2.75) is 13.8 Å². The summed E-state index contributed by atoms with van der Waals surface area (Å²) in [6, 6.07) is 1.46. The lowest BCUT2D eigenvalue weighted by atomic mass is 10.2. The second kappa shape index (κ2) is 4.41. The minimum Gasteiger partial charge on any atom is -0.462 e. The number of rotatable bonds is 2. The molecule has 1 heterocycles. The Balaban J connectivity index is 3.16. The molecule has 0 radical (unpaired) electrons. The van der Waals surface area contributed by atoms with Crippen molar-refractivity contribution in [3.63, 3.8) is 0 Å². The second-order valence-electron chi connectivity index (χ2n) is 2.71. The van der Waals surface area contributed by atoms with Crippen LogP contribution < -0.4 is 5.56 Å². The third kappa shape index (κ3) is 2.23. The van der Waals surface area contributed by atoms with Gasteiger partial charge in [-0.05, 0) is 35.8 Å². The maximum atomic E-state index is 11.3. The lowest BCUT2D eigenvalue weighted by Gasteiger charge is -2.02. The highest BCUT2D eigenvalue weighted by atomic mass is 79.9. The van der Waals surface area contributed by atoms with E-state index in [0.717, 1.165) is 0 Å². The van der Waals surface area contributed by atoms with Crippen molar-refractivity contribution in [1.29, 1.82) is 0 Å². The maximum absolute atomic E-state index is 11.3. The van der Waals surface area contributed by atoms with Gasteiger partial charge in [0, 0.05) is 10.2 Å². The van der Waals surface area contributed by atoms with Crippen molar-refractivity contribution in [2.75, 3.05) is 6.61 Å². The van der Waals surface area contributed by atoms with E-state index in [1.54, 1.807) is 13.8 Å². The fraction of sp³-hybridized carbons (Fsp3) is 0.333. The number of pyridine rings is 1. The van der Waals surface area contributed by atoms with Gasteiger partial charge in [0.1, 0.15) is 5.56 Å². The molecule has 0 amide bonds. The summed E-state index contributed by atoms with van der Waals surface area (Å²) in [5, 5.41) is 0. The molecule has 4 nitrogen and oxygen atoms in total. The summed E-state index contributed by atoms with van der Waals surface area (Å²) in [7, 11) is 0. The quantitative estimate of drug-likeness (QED) is 0.822. The van der Waals surface area contributed by atoms with Crippen molar-refractivity contribution < 1.29 is 9.53 Å². The molecule has 0 aliphatic rings. The van der Waals surface area contributed by atoms with Gasteiger partial charge in [0.05, 0.1) is 6.61 Å². The Hall–Kier alpha value is -1.10. The van der Waals surface area contributed by atoms with E-state index in [0.29, 0.717) is 10.2 Å². The van der Waals surface area contributed by atoms with E-state index in [2.05, 4.69) is 20.9 Å². The Morgan fingerprint density at radius 2 is 2.29 bits per heavy atom. The van der Waals surface area contributed by atoms with Crippen LogP contribution in [0.25, 0.3) is 0 Å². The third-order valence-electron chi connectivity index (χ3n) is 1.67. The molecule has 1 rings (SSSR count). The minimum atomic E-state index is -0.602. The monoisotopic (exact) mass is 259 g/mol. The van der Waals surface area contributed by atoms with Crippen molar-refractivity contribution in [2.24, 2.45) is 0 Å². The molecule has 1 aromatic heterocycles. The van der Waals surface area contributed by atoms with Crippen LogP contribution in [0.2, 0.25) is 0 Å². The molecule has 0 saturated heterocycles. The van der Waals surface area contributed by atoms with Gasteiger partial charge >= 0.3 is 5.97 Å². The number of ether oxygens (including phenoxy) is 1. The van der Waals surface area contributed by atoms with Crippen LogP contribution >= 0.6 is 15.9 Å². The van der Waals surface area contributed by atoms with E-state index < -0.39 is 11.5 Å². The van der Waals surface area contributed by atoms with Crippen molar-refractivity contribution in [3.05, 3.63) is 32.2 Å². The molecule has 5 heteroatoms. The molecule has 1 N–H and O–H groups in total. The first-order valence-corrected chi connectivity index (χ1v) is 4.92. The number of halogens is 1. The van der Waals surface area contributed by atoms with Gasteiger partial charge in [0.25, 0.3) is 5.56 Å². The number of aromatic amines is 1. The van der Waals surface area contributed by atoms with Gasteiger partial charge in [-0.15, -0.1) is 0 Å². The van der Waals surface area contributed by atoms with Gasteiger partial charge < -0.3 is 9.72 Å². The van der Waals surface area contributed by atoms with Gasteiger partial charge in [-0.1, -0.05) is 0 Å². The largest absolute Gasteiger partial charge is 0.462 e. The van der Waals surface area contributed by atoms with Crippen LogP contribution in [0, 0.1) is 6.92 Å². The predicted molar refractivity (Wildman–Crippen MR) is 55.5 cm³/mol. The molecule has 0 fully saturated rings. The zero-order chi connectivity index (χ0) is 10.7. The summed E-state index contributed by atoms with van der Waals surface area (Å²) >= 11 is 3.22. The summed E-state index contributed by atoms with van der Waals surface area (Å²) in [4.78, 5) is 25.1. The van der Waals surface area contributed by atoms with Crippen molar-refractivity contribution in [1.82, 2.24) is 4.98 Å². The summed E-state index contributed by atoms with van der Waals surface area (Å²) in [5.41, 5.74) is 0.275. The van der Waals surface area contributed by atoms with E-state index in [1.807, 2.05) is 0 Å².